The number of sulfonamides is 1. The van der Waals surface area contributed by atoms with Crippen LogP contribution in [0.3, 0.4) is 0 Å². The van der Waals surface area contributed by atoms with Crippen molar-refractivity contribution in [1.82, 2.24) is 0 Å². The summed E-state index contributed by atoms with van der Waals surface area (Å²) in [5, 5.41) is 7.84. The molecule has 1 unspecified atom stereocenters. The van der Waals surface area contributed by atoms with Crippen molar-refractivity contribution in [2.75, 3.05) is 5.32 Å². The van der Waals surface area contributed by atoms with E-state index in [1.165, 1.54) is 18.2 Å². The first-order valence-electron chi connectivity index (χ1n) is 6.08. The number of rotatable bonds is 6. The van der Waals surface area contributed by atoms with Gasteiger partial charge in [0.2, 0.25) is 15.9 Å². The first kappa shape index (κ1) is 16.9. The van der Waals surface area contributed by atoms with Crippen LogP contribution < -0.4 is 16.2 Å². The van der Waals surface area contributed by atoms with Crippen molar-refractivity contribution < 1.29 is 13.2 Å². The van der Waals surface area contributed by atoms with Gasteiger partial charge in [-0.2, -0.15) is 0 Å². The molecule has 1 aromatic rings. The number of hydrogen-bond acceptors (Lipinski definition) is 4. The quantitative estimate of drug-likeness (QED) is 0.735. The van der Waals surface area contributed by atoms with Gasteiger partial charge < -0.3 is 11.1 Å². The molecule has 0 fully saturated rings. The third-order valence-corrected chi connectivity index (χ3v) is 3.84. The second-order valence-corrected chi connectivity index (χ2v) is 6.57. The Hall–Kier alpha value is -1.15. The van der Waals surface area contributed by atoms with Crippen LogP contribution in [0.5, 0.6) is 0 Å². The summed E-state index contributed by atoms with van der Waals surface area (Å²) in [6, 6.07) is 3.93. The highest BCUT2D eigenvalue weighted by atomic mass is 35.5. The van der Waals surface area contributed by atoms with E-state index in [9.17, 15) is 13.2 Å². The summed E-state index contributed by atoms with van der Waals surface area (Å²) in [5.41, 5.74) is 5.82. The summed E-state index contributed by atoms with van der Waals surface area (Å²) in [6.07, 6.45) is 1.67. The fourth-order valence-electron chi connectivity index (χ4n) is 1.57. The molecule has 0 bridgehead atoms. The fraction of sp³-hybridized carbons (Fsp3) is 0.417. The second kappa shape index (κ2) is 7.03. The Kier molecular flexibility index (Phi) is 5.94. The number of primary sulfonamides is 1. The summed E-state index contributed by atoms with van der Waals surface area (Å²) in [4.78, 5) is 11.6. The van der Waals surface area contributed by atoms with Gasteiger partial charge in [-0.1, -0.05) is 11.6 Å². The van der Waals surface area contributed by atoms with Crippen LogP contribution >= 0.6 is 11.6 Å². The van der Waals surface area contributed by atoms with Crippen molar-refractivity contribution in [2.24, 2.45) is 10.9 Å². The van der Waals surface area contributed by atoms with Crippen LogP contribution in [0.4, 0.5) is 5.69 Å². The summed E-state index contributed by atoms with van der Waals surface area (Å²) < 4.78 is 22.5. The van der Waals surface area contributed by atoms with Crippen LogP contribution in [0.15, 0.2) is 23.1 Å². The average molecular weight is 320 g/mol. The molecule has 0 aliphatic heterocycles. The van der Waals surface area contributed by atoms with Gasteiger partial charge in [-0.05, 0) is 38.0 Å². The third-order valence-electron chi connectivity index (χ3n) is 2.60. The maximum atomic E-state index is 11.7. The third kappa shape index (κ3) is 5.46. The second-order valence-electron chi connectivity index (χ2n) is 4.60. The highest BCUT2D eigenvalue weighted by Crippen LogP contribution is 2.25. The summed E-state index contributed by atoms with van der Waals surface area (Å²) >= 11 is 5.90. The Labute approximate surface area is 123 Å². The number of nitrogens with two attached hydrogens (primary N) is 2. The minimum absolute atomic E-state index is 0.0390. The zero-order chi connectivity index (χ0) is 15.3. The number of nitrogens with one attached hydrogen (secondary N) is 1. The molecule has 6 nitrogen and oxygen atoms in total. The number of anilines is 1. The van der Waals surface area contributed by atoms with Crippen LogP contribution in [0, 0.1) is 0 Å². The lowest BCUT2D eigenvalue weighted by Crippen LogP contribution is -2.17. The topological polar surface area (TPSA) is 115 Å². The Morgan fingerprint density at radius 2 is 2.10 bits per heavy atom. The number of carbonyl (C=O) groups is 1. The molecule has 0 radical (unpaired) electrons. The molecular weight excluding hydrogens is 302 g/mol. The van der Waals surface area contributed by atoms with Gasteiger partial charge in [0.05, 0.1) is 15.6 Å². The Bertz CT molecular complexity index is 588. The molecule has 0 aliphatic carbocycles. The number of amides is 1. The van der Waals surface area contributed by atoms with Gasteiger partial charge in [0, 0.05) is 12.5 Å². The maximum Gasteiger partial charge on any atom is 0.238 e. The minimum Gasteiger partial charge on any atom is -0.328 e. The maximum absolute atomic E-state index is 11.7. The first-order valence-corrected chi connectivity index (χ1v) is 8.00. The molecule has 1 atom stereocenters. The SMILES string of the molecule is CC(N)CCCC(=O)Nc1cc(S(N)(=O)=O)ccc1Cl. The Morgan fingerprint density at radius 1 is 1.45 bits per heavy atom. The molecule has 8 heteroatoms. The number of halogens is 1. The molecule has 1 amide bonds. The van der Waals surface area contributed by atoms with Gasteiger partial charge in [-0.15, -0.1) is 0 Å². The summed E-state index contributed by atoms with van der Waals surface area (Å²) in [6.45, 7) is 1.87. The zero-order valence-electron chi connectivity index (χ0n) is 11.1. The standard InChI is InChI=1S/C12H18ClN3O3S/c1-8(14)3-2-4-12(17)16-11-7-9(20(15,18)19)5-6-10(11)13/h5-8H,2-4,14H2,1H3,(H,16,17)(H2,15,18,19). The number of benzene rings is 1. The average Bonchev–Trinajstić information content (AvgIpc) is 2.30. The van der Waals surface area contributed by atoms with Gasteiger partial charge >= 0.3 is 0 Å². The molecule has 0 spiro atoms. The van der Waals surface area contributed by atoms with Gasteiger partial charge in [-0.3, -0.25) is 4.79 Å². The summed E-state index contributed by atoms with van der Waals surface area (Å²) in [7, 11) is -3.83. The number of carbonyl (C=O) groups excluding carboxylic acids is 1. The van der Waals surface area contributed by atoms with Gasteiger partial charge in [0.25, 0.3) is 0 Å². The van der Waals surface area contributed by atoms with E-state index in [0.29, 0.717) is 6.42 Å². The van der Waals surface area contributed by atoms with Crippen LogP contribution in [0.2, 0.25) is 5.02 Å². The van der Waals surface area contributed by atoms with E-state index >= 15 is 0 Å². The molecule has 20 heavy (non-hydrogen) atoms. The smallest absolute Gasteiger partial charge is 0.238 e. The molecule has 5 N–H and O–H groups in total. The molecule has 1 aromatic carbocycles. The van der Waals surface area contributed by atoms with Crippen molar-refractivity contribution in [3.8, 4) is 0 Å². The van der Waals surface area contributed by atoms with Crippen LogP contribution in [-0.4, -0.2) is 20.4 Å². The van der Waals surface area contributed by atoms with E-state index in [2.05, 4.69) is 5.32 Å². The van der Waals surface area contributed by atoms with Crippen LogP contribution in [0.25, 0.3) is 0 Å². The van der Waals surface area contributed by atoms with E-state index in [1.54, 1.807) is 0 Å². The Balaban J connectivity index is 2.74. The van der Waals surface area contributed by atoms with Crippen molar-refractivity contribution in [3.63, 3.8) is 0 Å². The molecule has 0 aliphatic rings. The normalized spacial score (nSPS) is 13.0. The molecule has 0 aromatic heterocycles. The fourth-order valence-corrected chi connectivity index (χ4v) is 2.28. The van der Waals surface area contributed by atoms with Gasteiger partial charge in [0.15, 0.2) is 0 Å². The largest absolute Gasteiger partial charge is 0.328 e. The summed E-state index contributed by atoms with van der Waals surface area (Å²) in [5.74, 6) is -0.251. The highest BCUT2D eigenvalue weighted by molar-refractivity contribution is 7.89. The minimum atomic E-state index is -3.83. The molecule has 112 valence electrons. The van der Waals surface area contributed by atoms with Crippen molar-refractivity contribution in [3.05, 3.63) is 23.2 Å². The number of hydrogen-bond donors (Lipinski definition) is 3. The predicted molar refractivity (Wildman–Crippen MR) is 79.0 cm³/mol. The van der Waals surface area contributed by atoms with Crippen molar-refractivity contribution in [1.29, 1.82) is 0 Å². The molecular formula is C12H18ClN3O3S. The lowest BCUT2D eigenvalue weighted by molar-refractivity contribution is -0.116. The van der Waals surface area contributed by atoms with E-state index in [1.807, 2.05) is 6.92 Å². The molecule has 0 saturated heterocycles. The van der Waals surface area contributed by atoms with E-state index < -0.39 is 10.0 Å². The monoisotopic (exact) mass is 319 g/mol. The molecule has 0 saturated carbocycles. The van der Waals surface area contributed by atoms with Gasteiger partial charge in [-0.25, -0.2) is 13.6 Å². The molecule has 1 rings (SSSR count). The van der Waals surface area contributed by atoms with Gasteiger partial charge in [0.1, 0.15) is 0 Å². The van der Waals surface area contributed by atoms with Crippen molar-refractivity contribution >= 4 is 33.2 Å². The predicted octanol–water partition coefficient (Wildman–Crippen LogP) is 1.44. The van der Waals surface area contributed by atoms with Crippen molar-refractivity contribution in [2.45, 2.75) is 37.1 Å². The highest BCUT2D eigenvalue weighted by Gasteiger charge is 2.12. The van der Waals surface area contributed by atoms with E-state index in [4.69, 9.17) is 22.5 Å². The molecule has 0 heterocycles. The first-order chi connectivity index (χ1) is 9.20. The van der Waals surface area contributed by atoms with Crippen LogP contribution in [-0.2, 0) is 14.8 Å². The lowest BCUT2D eigenvalue weighted by Gasteiger charge is -2.09. The van der Waals surface area contributed by atoms with E-state index in [-0.39, 0.29) is 34.0 Å². The van der Waals surface area contributed by atoms with E-state index in [0.717, 1.165) is 6.42 Å². The lowest BCUT2D eigenvalue weighted by atomic mass is 10.1. The Morgan fingerprint density at radius 3 is 2.65 bits per heavy atom. The zero-order valence-corrected chi connectivity index (χ0v) is 12.7. The van der Waals surface area contributed by atoms with Crippen LogP contribution in [0.1, 0.15) is 26.2 Å².